The number of ether oxygens (including phenoxy) is 1. The Hall–Kier alpha value is -3.15. The SMILES string of the molecule is COc1ccc(-c2noc(C3CCCN3C(=O)CCc3ccccc3)n2)cc1. The summed E-state index contributed by atoms with van der Waals surface area (Å²) in [5, 5.41) is 4.11. The number of hydrogen-bond donors (Lipinski definition) is 0. The van der Waals surface area contributed by atoms with Crippen LogP contribution in [0.5, 0.6) is 5.75 Å². The van der Waals surface area contributed by atoms with Crippen molar-refractivity contribution < 1.29 is 14.1 Å². The molecule has 0 aliphatic carbocycles. The van der Waals surface area contributed by atoms with E-state index in [-0.39, 0.29) is 11.9 Å². The van der Waals surface area contributed by atoms with E-state index in [1.807, 2.05) is 59.5 Å². The van der Waals surface area contributed by atoms with E-state index in [1.165, 1.54) is 5.56 Å². The Morgan fingerprint density at radius 1 is 1.18 bits per heavy atom. The molecule has 0 bridgehead atoms. The fourth-order valence-corrected chi connectivity index (χ4v) is 3.59. The molecule has 28 heavy (non-hydrogen) atoms. The van der Waals surface area contributed by atoms with Crippen molar-refractivity contribution >= 4 is 5.91 Å². The molecule has 3 aromatic rings. The highest BCUT2D eigenvalue weighted by molar-refractivity contribution is 5.77. The van der Waals surface area contributed by atoms with Crippen LogP contribution in [0.15, 0.2) is 59.1 Å². The van der Waals surface area contributed by atoms with Gasteiger partial charge >= 0.3 is 0 Å². The van der Waals surface area contributed by atoms with Gasteiger partial charge in [-0.3, -0.25) is 4.79 Å². The van der Waals surface area contributed by atoms with E-state index < -0.39 is 0 Å². The summed E-state index contributed by atoms with van der Waals surface area (Å²) in [5.74, 6) is 1.95. The maximum atomic E-state index is 12.8. The Labute approximate surface area is 164 Å². The number of nitrogens with zero attached hydrogens (tertiary/aromatic N) is 3. The number of benzene rings is 2. The van der Waals surface area contributed by atoms with Gasteiger partial charge in [-0.1, -0.05) is 35.5 Å². The number of rotatable bonds is 6. The van der Waals surface area contributed by atoms with Crippen molar-refractivity contribution in [2.45, 2.75) is 31.7 Å². The van der Waals surface area contributed by atoms with E-state index in [2.05, 4.69) is 10.1 Å². The van der Waals surface area contributed by atoms with E-state index in [1.54, 1.807) is 7.11 Å². The molecule has 1 aliphatic heterocycles. The van der Waals surface area contributed by atoms with E-state index >= 15 is 0 Å². The van der Waals surface area contributed by atoms with E-state index in [0.29, 0.717) is 18.1 Å². The van der Waals surface area contributed by atoms with E-state index in [9.17, 15) is 4.79 Å². The van der Waals surface area contributed by atoms with Crippen molar-refractivity contribution in [3.05, 3.63) is 66.1 Å². The minimum atomic E-state index is -0.136. The van der Waals surface area contributed by atoms with Gasteiger partial charge < -0.3 is 14.2 Å². The van der Waals surface area contributed by atoms with Crippen LogP contribution in [0.4, 0.5) is 0 Å². The highest BCUT2D eigenvalue weighted by Crippen LogP contribution is 2.33. The average Bonchev–Trinajstić information content (AvgIpc) is 3.42. The zero-order valence-electron chi connectivity index (χ0n) is 15.9. The van der Waals surface area contributed by atoms with Crippen LogP contribution in [-0.2, 0) is 11.2 Å². The molecule has 1 amide bonds. The summed E-state index contributed by atoms with van der Waals surface area (Å²) in [6.07, 6.45) is 3.02. The molecule has 1 aromatic heterocycles. The van der Waals surface area contributed by atoms with E-state index in [0.717, 1.165) is 37.1 Å². The van der Waals surface area contributed by atoms with Crippen LogP contribution in [0, 0.1) is 0 Å². The van der Waals surface area contributed by atoms with Crippen molar-refractivity contribution in [2.75, 3.05) is 13.7 Å². The molecule has 1 unspecified atom stereocenters. The smallest absolute Gasteiger partial charge is 0.249 e. The number of carbonyl (C=O) groups is 1. The summed E-state index contributed by atoms with van der Waals surface area (Å²) in [7, 11) is 1.63. The molecule has 144 valence electrons. The lowest BCUT2D eigenvalue weighted by molar-refractivity contribution is -0.132. The van der Waals surface area contributed by atoms with Gasteiger partial charge in [-0.25, -0.2) is 0 Å². The third kappa shape index (κ3) is 3.91. The van der Waals surface area contributed by atoms with Crippen LogP contribution in [0.25, 0.3) is 11.4 Å². The van der Waals surface area contributed by atoms with Gasteiger partial charge in [0, 0.05) is 18.5 Å². The van der Waals surface area contributed by atoms with Crippen LogP contribution < -0.4 is 4.74 Å². The van der Waals surface area contributed by atoms with Crippen molar-refractivity contribution in [2.24, 2.45) is 0 Å². The first-order valence-corrected chi connectivity index (χ1v) is 9.56. The zero-order chi connectivity index (χ0) is 19.3. The standard InChI is InChI=1S/C22H23N3O3/c1-27-18-12-10-17(11-13-18)21-23-22(28-24-21)19-8-5-15-25(19)20(26)14-9-16-6-3-2-4-7-16/h2-4,6-7,10-13,19H,5,8-9,14-15H2,1H3. The molecular formula is C22H23N3O3. The maximum Gasteiger partial charge on any atom is 0.249 e. The Kier molecular flexibility index (Phi) is 5.37. The molecule has 0 N–H and O–H groups in total. The number of carbonyl (C=O) groups excluding carboxylic acids is 1. The molecule has 0 spiro atoms. The molecule has 0 radical (unpaired) electrons. The Morgan fingerprint density at radius 2 is 1.96 bits per heavy atom. The molecule has 2 aromatic carbocycles. The molecule has 4 rings (SSSR count). The zero-order valence-corrected chi connectivity index (χ0v) is 15.9. The summed E-state index contributed by atoms with van der Waals surface area (Å²) in [6, 6.07) is 17.5. The van der Waals surface area contributed by atoms with Crippen molar-refractivity contribution in [3.63, 3.8) is 0 Å². The summed E-state index contributed by atoms with van der Waals surface area (Å²) in [6.45, 7) is 0.735. The normalized spacial score (nSPS) is 16.3. The van der Waals surface area contributed by atoms with Gasteiger partial charge in [-0.2, -0.15) is 4.98 Å². The van der Waals surface area contributed by atoms with Gasteiger partial charge in [0.25, 0.3) is 0 Å². The summed E-state index contributed by atoms with van der Waals surface area (Å²) in [5.41, 5.74) is 2.03. The highest BCUT2D eigenvalue weighted by Gasteiger charge is 2.33. The average molecular weight is 377 g/mol. The number of likely N-dealkylation sites (tertiary alicyclic amines) is 1. The Balaban J connectivity index is 1.44. The molecule has 1 atom stereocenters. The predicted octanol–water partition coefficient (Wildman–Crippen LogP) is 4.04. The van der Waals surface area contributed by atoms with Crippen LogP contribution >= 0.6 is 0 Å². The third-order valence-corrected chi connectivity index (χ3v) is 5.12. The first-order chi connectivity index (χ1) is 13.7. The second kappa shape index (κ2) is 8.25. The molecule has 6 heteroatoms. The second-order valence-corrected chi connectivity index (χ2v) is 6.92. The Bertz CT molecular complexity index is 922. The first kappa shape index (κ1) is 18.2. The lowest BCUT2D eigenvalue weighted by Gasteiger charge is -2.21. The van der Waals surface area contributed by atoms with Crippen LogP contribution in [-0.4, -0.2) is 34.6 Å². The molecule has 1 saturated heterocycles. The second-order valence-electron chi connectivity index (χ2n) is 6.92. The van der Waals surface area contributed by atoms with Gasteiger partial charge in [0.15, 0.2) is 0 Å². The molecule has 0 saturated carbocycles. The molecule has 6 nitrogen and oxygen atoms in total. The minimum absolute atomic E-state index is 0.135. The van der Waals surface area contributed by atoms with Gasteiger partial charge in [0.2, 0.25) is 17.6 Å². The fraction of sp³-hybridized carbons (Fsp3) is 0.318. The van der Waals surface area contributed by atoms with Gasteiger partial charge in [0.05, 0.1) is 7.11 Å². The van der Waals surface area contributed by atoms with Crippen LogP contribution in [0.2, 0.25) is 0 Å². The molecule has 1 fully saturated rings. The number of hydrogen-bond acceptors (Lipinski definition) is 5. The number of amides is 1. The summed E-state index contributed by atoms with van der Waals surface area (Å²) in [4.78, 5) is 19.2. The van der Waals surface area contributed by atoms with Crippen LogP contribution in [0.1, 0.15) is 36.8 Å². The fourth-order valence-electron chi connectivity index (χ4n) is 3.59. The lowest BCUT2D eigenvalue weighted by Crippen LogP contribution is -2.30. The number of aromatic nitrogens is 2. The van der Waals surface area contributed by atoms with Crippen molar-refractivity contribution in [1.29, 1.82) is 0 Å². The van der Waals surface area contributed by atoms with Crippen molar-refractivity contribution in [1.82, 2.24) is 15.0 Å². The topological polar surface area (TPSA) is 68.5 Å². The largest absolute Gasteiger partial charge is 0.497 e. The van der Waals surface area contributed by atoms with Gasteiger partial charge in [-0.15, -0.1) is 0 Å². The van der Waals surface area contributed by atoms with Gasteiger partial charge in [-0.05, 0) is 49.1 Å². The first-order valence-electron chi connectivity index (χ1n) is 9.56. The highest BCUT2D eigenvalue weighted by atomic mass is 16.5. The maximum absolute atomic E-state index is 12.8. The minimum Gasteiger partial charge on any atom is -0.497 e. The Morgan fingerprint density at radius 3 is 2.71 bits per heavy atom. The quantitative estimate of drug-likeness (QED) is 0.648. The van der Waals surface area contributed by atoms with E-state index in [4.69, 9.17) is 9.26 Å². The molecule has 2 heterocycles. The molecule has 1 aliphatic rings. The number of aryl methyl sites for hydroxylation is 1. The molecular weight excluding hydrogens is 354 g/mol. The van der Waals surface area contributed by atoms with Crippen molar-refractivity contribution in [3.8, 4) is 17.1 Å². The monoisotopic (exact) mass is 377 g/mol. The van der Waals surface area contributed by atoms with Crippen LogP contribution in [0.3, 0.4) is 0 Å². The summed E-state index contributed by atoms with van der Waals surface area (Å²) < 4.78 is 10.7. The van der Waals surface area contributed by atoms with Gasteiger partial charge in [0.1, 0.15) is 11.8 Å². The number of methoxy groups -OCH3 is 1. The lowest BCUT2D eigenvalue weighted by atomic mass is 10.1. The third-order valence-electron chi connectivity index (χ3n) is 5.12. The predicted molar refractivity (Wildman–Crippen MR) is 105 cm³/mol. The summed E-state index contributed by atoms with van der Waals surface area (Å²) >= 11 is 0.